The third-order valence-electron chi connectivity index (χ3n) is 4.23. The molecule has 1 aromatic carbocycles. The van der Waals surface area contributed by atoms with Crippen molar-refractivity contribution in [3.05, 3.63) is 24.0 Å². The number of aryl methyl sites for hydroxylation is 1. The fourth-order valence-electron chi connectivity index (χ4n) is 2.96. The second kappa shape index (κ2) is 6.94. The molecule has 1 amide bonds. The third-order valence-corrected chi connectivity index (χ3v) is 4.23. The first-order valence-electron chi connectivity index (χ1n) is 8.97. The Morgan fingerprint density at radius 3 is 2.68 bits per heavy atom. The molecule has 0 aliphatic carbocycles. The van der Waals surface area contributed by atoms with Crippen LogP contribution in [0.5, 0.6) is 5.75 Å². The van der Waals surface area contributed by atoms with Crippen LogP contribution in [0.25, 0.3) is 11.0 Å². The lowest BCUT2D eigenvalue weighted by Crippen LogP contribution is -2.44. The van der Waals surface area contributed by atoms with Gasteiger partial charge in [-0.1, -0.05) is 6.92 Å². The molecule has 25 heavy (non-hydrogen) atoms. The van der Waals surface area contributed by atoms with E-state index >= 15 is 0 Å². The Bertz CT molecular complexity index is 740. The zero-order valence-corrected chi connectivity index (χ0v) is 15.5. The standard InChI is InChI=1S/C19H27N3O3/c1-5-17-20-15-7-6-14(12-16(15)21-17)24-13-8-10-22(11-9-13)18(23)25-19(2,3)4/h6-7,12-13H,5,8-11H2,1-4H3,(H,20,21). The van der Waals surface area contributed by atoms with Crippen LogP contribution in [0, 0.1) is 0 Å². The van der Waals surface area contributed by atoms with E-state index in [4.69, 9.17) is 9.47 Å². The van der Waals surface area contributed by atoms with Gasteiger partial charge in [-0.3, -0.25) is 0 Å². The average molecular weight is 345 g/mol. The number of aromatic nitrogens is 2. The van der Waals surface area contributed by atoms with Gasteiger partial charge in [0.2, 0.25) is 0 Å². The van der Waals surface area contributed by atoms with Crippen LogP contribution in [0.15, 0.2) is 18.2 Å². The van der Waals surface area contributed by atoms with E-state index in [0.717, 1.165) is 41.9 Å². The molecule has 0 saturated carbocycles. The summed E-state index contributed by atoms with van der Waals surface area (Å²) in [6, 6.07) is 5.95. The molecule has 2 aromatic rings. The van der Waals surface area contributed by atoms with Crippen molar-refractivity contribution in [1.82, 2.24) is 14.9 Å². The summed E-state index contributed by atoms with van der Waals surface area (Å²) in [4.78, 5) is 21.7. The smallest absolute Gasteiger partial charge is 0.410 e. The van der Waals surface area contributed by atoms with Gasteiger partial charge in [0, 0.05) is 38.4 Å². The first-order valence-corrected chi connectivity index (χ1v) is 8.97. The molecular weight excluding hydrogens is 318 g/mol. The number of aromatic amines is 1. The van der Waals surface area contributed by atoms with E-state index in [-0.39, 0.29) is 12.2 Å². The molecule has 1 aliphatic rings. The minimum atomic E-state index is -0.457. The van der Waals surface area contributed by atoms with Gasteiger partial charge in [-0.05, 0) is 32.9 Å². The molecule has 1 fully saturated rings. The molecule has 0 unspecified atom stereocenters. The number of nitrogens with zero attached hydrogens (tertiary/aromatic N) is 2. The Labute approximate surface area is 148 Å². The number of carbonyl (C=O) groups is 1. The van der Waals surface area contributed by atoms with E-state index in [2.05, 4.69) is 16.9 Å². The maximum Gasteiger partial charge on any atom is 0.410 e. The highest BCUT2D eigenvalue weighted by Crippen LogP contribution is 2.24. The summed E-state index contributed by atoms with van der Waals surface area (Å²) in [6.07, 6.45) is 2.37. The number of ether oxygens (including phenoxy) is 2. The number of amides is 1. The topological polar surface area (TPSA) is 67.4 Å². The van der Waals surface area contributed by atoms with Gasteiger partial charge in [-0.25, -0.2) is 9.78 Å². The van der Waals surface area contributed by atoms with Crippen LogP contribution in [0.4, 0.5) is 4.79 Å². The summed E-state index contributed by atoms with van der Waals surface area (Å²) in [5.41, 5.74) is 1.51. The van der Waals surface area contributed by atoms with Crippen LogP contribution in [-0.2, 0) is 11.2 Å². The monoisotopic (exact) mass is 345 g/mol. The highest BCUT2D eigenvalue weighted by molar-refractivity contribution is 5.76. The third kappa shape index (κ3) is 4.44. The van der Waals surface area contributed by atoms with Crippen LogP contribution in [0.1, 0.15) is 46.4 Å². The predicted molar refractivity (Wildman–Crippen MR) is 96.9 cm³/mol. The van der Waals surface area contributed by atoms with Crippen LogP contribution in [0.2, 0.25) is 0 Å². The molecule has 2 heterocycles. The minimum absolute atomic E-state index is 0.115. The number of piperidine rings is 1. The summed E-state index contributed by atoms with van der Waals surface area (Å²) in [7, 11) is 0. The van der Waals surface area contributed by atoms with Gasteiger partial charge in [0.05, 0.1) is 11.0 Å². The number of benzene rings is 1. The van der Waals surface area contributed by atoms with E-state index in [9.17, 15) is 4.79 Å². The van der Waals surface area contributed by atoms with E-state index in [1.165, 1.54) is 0 Å². The van der Waals surface area contributed by atoms with Crippen molar-refractivity contribution in [2.75, 3.05) is 13.1 Å². The SMILES string of the molecule is CCc1nc2ccc(OC3CCN(C(=O)OC(C)(C)C)CC3)cc2[nH]1. The zero-order valence-electron chi connectivity index (χ0n) is 15.5. The lowest BCUT2D eigenvalue weighted by Gasteiger charge is -2.33. The Balaban J connectivity index is 1.56. The summed E-state index contributed by atoms with van der Waals surface area (Å²) < 4.78 is 11.5. The Kier molecular flexibility index (Phi) is 4.88. The molecule has 0 radical (unpaired) electrons. The molecule has 6 nitrogen and oxygen atoms in total. The first-order chi connectivity index (χ1) is 11.8. The highest BCUT2D eigenvalue weighted by Gasteiger charge is 2.27. The Hall–Kier alpha value is -2.24. The van der Waals surface area contributed by atoms with E-state index in [1.807, 2.05) is 39.0 Å². The molecule has 0 spiro atoms. The van der Waals surface area contributed by atoms with Crippen LogP contribution in [0.3, 0.4) is 0 Å². The number of likely N-dealkylation sites (tertiary alicyclic amines) is 1. The number of nitrogens with one attached hydrogen (secondary N) is 1. The number of H-pyrrole nitrogens is 1. The van der Waals surface area contributed by atoms with E-state index < -0.39 is 5.60 Å². The van der Waals surface area contributed by atoms with Gasteiger partial charge in [0.1, 0.15) is 23.3 Å². The van der Waals surface area contributed by atoms with Crippen molar-refractivity contribution in [3.63, 3.8) is 0 Å². The van der Waals surface area contributed by atoms with Gasteiger partial charge in [0.15, 0.2) is 0 Å². The molecule has 3 rings (SSSR count). The number of imidazole rings is 1. The van der Waals surface area contributed by atoms with Crippen LogP contribution < -0.4 is 4.74 Å². The molecule has 0 atom stereocenters. The molecular formula is C19H27N3O3. The number of rotatable bonds is 3. The summed E-state index contributed by atoms with van der Waals surface area (Å²) in [6.45, 7) is 9.05. The highest BCUT2D eigenvalue weighted by atomic mass is 16.6. The van der Waals surface area contributed by atoms with Gasteiger partial charge >= 0.3 is 6.09 Å². The maximum atomic E-state index is 12.1. The van der Waals surface area contributed by atoms with Crippen molar-refractivity contribution in [1.29, 1.82) is 0 Å². The van der Waals surface area contributed by atoms with Gasteiger partial charge in [-0.2, -0.15) is 0 Å². The molecule has 1 aliphatic heterocycles. The second-order valence-corrected chi connectivity index (χ2v) is 7.50. The van der Waals surface area contributed by atoms with Crippen molar-refractivity contribution in [2.45, 2.75) is 58.7 Å². The molecule has 1 aromatic heterocycles. The van der Waals surface area contributed by atoms with Crippen LogP contribution in [-0.4, -0.2) is 45.8 Å². The van der Waals surface area contributed by atoms with Crippen molar-refractivity contribution < 1.29 is 14.3 Å². The zero-order chi connectivity index (χ0) is 18.0. The van der Waals surface area contributed by atoms with Gasteiger partial charge in [0.25, 0.3) is 0 Å². The average Bonchev–Trinajstić information content (AvgIpc) is 2.96. The van der Waals surface area contributed by atoms with E-state index in [0.29, 0.717) is 13.1 Å². The maximum absolute atomic E-state index is 12.1. The largest absolute Gasteiger partial charge is 0.490 e. The lowest BCUT2D eigenvalue weighted by atomic mass is 10.1. The van der Waals surface area contributed by atoms with Gasteiger partial charge < -0.3 is 19.4 Å². The predicted octanol–water partition coefficient (Wildman–Crippen LogP) is 3.90. The first kappa shape index (κ1) is 17.6. The van der Waals surface area contributed by atoms with Crippen molar-refractivity contribution in [2.24, 2.45) is 0 Å². The normalized spacial score (nSPS) is 16.2. The van der Waals surface area contributed by atoms with Crippen LogP contribution >= 0.6 is 0 Å². The number of fused-ring (bicyclic) bond motifs is 1. The summed E-state index contributed by atoms with van der Waals surface area (Å²) >= 11 is 0. The van der Waals surface area contributed by atoms with Crippen molar-refractivity contribution >= 4 is 17.1 Å². The van der Waals surface area contributed by atoms with E-state index in [1.54, 1.807) is 4.90 Å². The molecule has 0 bridgehead atoms. The molecule has 1 N–H and O–H groups in total. The number of carbonyl (C=O) groups excluding carboxylic acids is 1. The fourth-order valence-corrected chi connectivity index (χ4v) is 2.96. The number of hydrogen-bond donors (Lipinski definition) is 1. The summed E-state index contributed by atoms with van der Waals surface area (Å²) in [5, 5.41) is 0. The molecule has 136 valence electrons. The lowest BCUT2D eigenvalue weighted by molar-refractivity contribution is 0.0127. The fraction of sp³-hybridized carbons (Fsp3) is 0.579. The second-order valence-electron chi connectivity index (χ2n) is 7.50. The number of hydrogen-bond acceptors (Lipinski definition) is 4. The quantitative estimate of drug-likeness (QED) is 0.916. The minimum Gasteiger partial charge on any atom is -0.490 e. The summed E-state index contributed by atoms with van der Waals surface area (Å²) in [5.74, 6) is 1.83. The molecule has 1 saturated heterocycles. The Morgan fingerprint density at radius 2 is 2.04 bits per heavy atom. The van der Waals surface area contributed by atoms with Crippen molar-refractivity contribution in [3.8, 4) is 5.75 Å². The van der Waals surface area contributed by atoms with Gasteiger partial charge in [-0.15, -0.1) is 0 Å². The Morgan fingerprint density at radius 1 is 1.32 bits per heavy atom. The molecule has 6 heteroatoms.